The molecule has 0 bridgehead atoms. The summed E-state index contributed by atoms with van der Waals surface area (Å²) >= 11 is 0. The molecule has 6 rings (SSSR count). The highest BCUT2D eigenvalue weighted by Crippen LogP contribution is 2.26. The van der Waals surface area contributed by atoms with Crippen molar-refractivity contribution >= 4 is 17.2 Å². The Morgan fingerprint density at radius 3 is 2.16 bits per heavy atom. The zero-order chi connectivity index (χ0) is 25.2. The third kappa shape index (κ3) is 4.41. The summed E-state index contributed by atoms with van der Waals surface area (Å²) in [7, 11) is 0. The van der Waals surface area contributed by atoms with Gasteiger partial charge in [0.15, 0.2) is 0 Å². The Morgan fingerprint density at radius 2 is 1.46 bits per heavy atom. The number of hydrogen-bond donors (Lipinski definition) is 0. The summed E-state index contributed by atoms with van der Waals surface area (Å²) in [6.07, 6.45) is 7.50. The van der Waals surface area contributed by atoms with Crippen molar-refractivity contribution < 1.29 is 4.79 Å². The van der Waals surface area contributed by atoms with Crippen LogP contribution in [0.2, 0.25) is 0 Å². The van der Waals surface area contributed by atoms with E-state index in [4.69, 9.17) is 5.26 Å². The Kier molecular flexibility index (Phi) is 5.83. The summed E-state index contributed by atoms with van der Waals surface area (Å²) in [4.78, 5) is 26.0. The molecular weight excluding hydrogens is 460 g/mol. The number of carbonyl (C=O) groups is 1. The van der Waals surface area contributed by atoms with Gasteiger partial charge in [-0.3, -0.25) is 14.2 Å². The number of hydrogen-bond acceptors (Lipinski definition) is 5. The molecule has 7 heteroatoms. The van der Waals surface area contributed by atoms with Crippen LogP contribution in [0.1, 0.15) is 15.9 Å². The zero-order valence-corrected chi connectivity index (χ0v) is 20.2. The lowest BCUT2D eigenvalue weighted by Gasteiger charge is -2.36. The molecule has 0 aliphatic carbocycles. The molecule has 0 unspecified atom stereocenters. The van der Waals surface area contributed by atoms with Gasteiger partial charge in [-0.1, -0.05) is 24.3 Å². The third-order valence-electron chi connectivity index (χ3n) is 6.88. The maximum absolute atomic E-state index is 13.1. The Balaban J connectivity index is 1.19. The van der Waals surface area contributed by atoms with Gasteiger partial charge in [-0.25, -0.2) is 4.98 Å². The van der Waals surface area contributed by atoms with E-state index in [9.17, 15) is 4.79 Å². The third-order valence-corrected chi connectivity index (χ3v) is 6.88. The number of piperazine rings is 1. The van der Waals surface area contributed by atoms with Crippen LogP contribution >= 0.6 is 0 Å². The molecule has 3 aromatic heterocycles. The predicted molar refractivity (Wildman–Crippen MR) is 143 cm³/mol. The van der Waals surface area contributed by atoms with E-state index in [1.165, 1.54) is 0 Å². The van der Waals surface area contributed by atoms with Crippen LogP contribution in [-0.2, 0) is 0 Å². The monoisotopic (exact) mass is 484 g/mol. The van der Waals surface area contributed by atoms with Crippen LogP contribution in [0.5, 0.6) is 0 Å². The molecule has 1 amide bonds. The number of nitrogens with zero attached hydrogens (tertiary/aromatic N) is 6. The fraction of sp³-hybridized carbons (Fsp3) is 0.133. The van der Waals surface area contributed by atoms with Gasteiger partial charge in [0.1, 0.15) is 5.65 Å². The van der Waals surface area contributed by atoms with Gasteiger partial charge in [0.2, 0.25) is 0 Å². The first-order chi connectivity index (χ1) is 18.2. The van der Waals surface area contributed by atoms with E-state index in [1.807, 2.05) is 83.9 Å². The number of fused-ring (bicyclic) bond motifs is 1. The molecule has 0 saturated carbocycles. The normalized spacial score (nSPS) is 13.5. The minimum absolute atomic E-state index is 0.0640. The number of rotatable bonds is 4. The fourth-order valence-electron chi connectivity index (χ4n) is 4.79. The van der Waals surface area contributed by atoms with Crippen molar-refractivity contribution in [1.82, 2.24) is 19.3 Å². The van der Waals surface area contributed by atoms with Crippen LogP contribution in [-0.4, -0.2) is 51.4 Å². The molecule has 0 N–H and O–H groups in total. The van der Waals surface area contributed by atoms with E-state index in [1.54, 1.807) is 12.4 Å². The second kappa shape index (κ2) is 9.59. The van der Waals surface area contributed by atoms with Gasteiger partial charge in [-0.05, 0) is 59.7 Å². The summed E-state index contributed by atoms with van der Waals surface area (Å²) in [5.74, 6) is 0.0640. The van der Waals surface area contributed by atoms with Crippen molar-refractivity contribution in [3.8, 4) is 28.5 Å². The van der Waals surface area contributed by atoms with E-state index in [-0.39, 0.29) is 5.91 Å². The summed E-state index contributed by atoms with van der Waals surface area (Å²) in [5, 5.41) is 9.08. The van der Waals surface area contributed by atoms with E-state index in [2.05, 4.69) is 31.5 Å². The minimum Gasteiger partial charge on any atom is -0.368 e. The molecule has 2 aromatic carbocycles. The van der Waals surface area contributed by atoms with Gasteiger partial charge in [-0.2, -0.15) is 5.26 Å². The molecule has 5 aromatic rings. The molecule has 1 saturated heterocycles. The zero-order valence-electron chi connectivity index (χ0n) is 20.2. The number of nitriles is 1. The quantitative estimate of drug-likeness (QED) is 0.363. The van der Waals surface area contributed by atoms with Crippen LogP contribution in [0.4, 0.5) is 5.69 Å². The molecule has 0 spiro atoms. The summed E-state index contributed by atoms with van der Waals surface area (Å²) in [5.41, 5.74) is 7.33. The molecule has 1 aliphatic heterocycles. The number of anilines is 1. The summed E-state index contributed by atoms with van der Waals surface area (Å²) < 4.78 is 2.05. The minimum atomic E-state index is 0.0640. The van der Waals surface area contributed by atoms with Crippen molar-refractivity contribution in [2.75, 3.05) is 31.1 Å². The first kappa shape index (κ1) is 22.5. The standard InChI is InChI=1S/C30H24N6O/c31-19-22-1-3-24(4-2-22)28-20-33-29-10-9-26(21-36(28)29)23-5-7-25(8-6-23)30(37)35-17-15-34(16-18-35)27-11-13-32-14-12-27/h1-14,20-21H,15-18H2. The average Bonchev–Trinajstić information content (AvgIpc) is 3.41. The molecular formula is C30H24N6O. The van der Waals surface area contributed by atoms with Crippen molar-refractivity contribution in [2.24, 2.45) is 0 Å². The molecule has 1 aliphatic rings. The highest BCUT2D eigenvalue weighted by Gasteiger charge is 2.22. The maximum atomic E-state index is 13.1. The number of pyridine rings is 2. The molecule has 7 nitrogen and oxygen atoms in total. The smallest absolute Gasteiger partial charge is 0.253 e. The summed E-state index contributed by atoms with van der Waals surface area (Å²) in [6, 6.07) is 25.5. The topological polar surface area (TPSA) is 77.5 Å². The second-order valence-electron chi connectivity index (χ2n) is 9.04. The lowest BCUT2D eigenvalue weighted by Crippen LogP contribution is -2.48. The van der Waals surface area contributed by atoms with Crippen LogP contribution < -0.4 is 4.90 Å². The SMILES string of the molecule is N#Cc1ccc(-c2cnc3ccc(-c4ccc(C(=O)N5CCN(c6ccncc6)CC5)cc4)cn23)cc1. The lowest BCUT2D eigenvalue weighted by atomic mass is 10.0. The predicted octanol–water partition coefficient (Wildman–Crippen LogP) is 4.90. The van der Waals surface area contributed by atoms with Crippen molar-refractivity contribution in [2.45, 2.75) is 0 Å². The Hall–Kier alpha value is -4.96. The largest absolute Gasteiger partial charge is 0.368 e. The van der Waals surface area contributed by atoms with Crippen LogP contribution in [0.15, 0.2) is 97.6 Å². The van der Waals surface area contributed by atoms with E-state index >= 15 is 0 Å². The van der Waals surface area contributed by atoms with Gasteiger partial charge in [0, 0.05) is 61.6 Å². The van der Waals surface area contributed by atoms with Crippen LogP contribution in [0.3, 0.4) is 0 Å². The number of carbonyl (C=O) groups excluding carboxylic acids is 1. The number of imidazole rings is 1. The van der Waals surface area contributed by atoms with Gasteiger partial charge >= 0.3 is 0 Å². The van der Waals surface area contributed by atoms with E-state index < -0.39 is 0 Å². The Labute approximate surface area is 214 Å². The van der Waals surface area contributed by atoms with Crippen LogP contribution in [0.25, 0.3) is 28.0 Å². The van der Waals surface area contributed by atoms with Gasteiger partial charge in [-0.15, -0.1) is 0 Å². The van der Waals surface area contributed by atoms with Crippen molar-refractivity contribution in [1.29, 1.82) is 5.26 Å². The Morgan fingerprint density at radius 1 is 0.784 bits per heavy atom. The second-order valence-corrected chi connectivity index (χ2v) is 9.04. The number of benzene rings is 2. The fourth-order valence-corrected chi connectivity index (χ4v) is 4.79. The maximum Gasteiger partial charge on any atom is 0.253 e. The van der Waals surface area contributed by atoms with Gasteiger partial charge in [0.25, 0.3) is 5.91 Å². The number of amides is 1. The molecule has 4 heterocycles. The first-order valence-electron chi connectivity index (χ1n) is 12.2. The average molecular weight is 485 g/mol. The van der Waals surface area contributed by atoms with Crippen LogP contribution in [0, 0.1) is 11.3 Å². The molecule has 37 heavy (non-hydrogen) atoms. The Bertz CT molecular complexity index is 1590. The molecule has 180 valence electrons. The highest BCUT2D eigenvalue weighted by molar-refractivity contribution is 5.95. The summed E-state index contributed by atoms with van der Waals surface area (Å²) in [6.45, 7) is 3.00. The highest BCUT2D eigenvalue weighted by atomic mass is 16.2. The van der Waals surface area contributed by atoms with Crippen molar-refractivity contribution in [3.05, 3.63) is 109 Å². The molecule has 0 atom stereocenters. The first-order valence-corrected chi connectivity index (χ1v) is 12.2. The molecule has 0 radical (unpaired) electrons. The van der Waals surface area contributed by atoms with E-state index in [0.717, 1.165) is 46.8 Å². The number of aromatic nitrogens is 3. The van der Waals surface area contributed by atoms with Gasteiger partial charge < -0.3 is 9.80 Å². The molecule has 1 fully saturated rings. The van der Waals surface area contributed by atoms with Crippen molar-refractivity contribution in [3.63, 3.8) is 0 Å². The lowest BCUT2D eigenvalue weighted by molar-refractivity contribution is 0.0747. The van der Waals surface area contributed by atoms with E-state index in [0.29, 0.717) is 24.2 Å². The van der Waals surface area contributed by atoms with Gasteiger partial charge in [0.05, 0.1) is 23.5 Å².